The number of hydrogen-bond donors (Lipinski definition) is 2. The number of nitrogens with one attached hydrogen (secondary N) is 1. The molecular weight excluding hydrogens is 102 g/mol. The van der Waals surface area contributed by atoms with Gasteiger partial charge < -0.3 is 10.4 Å². The zero-order valence-corrected chi connectivity index (χ0v) is 5.44. The maximum atomic E-state index is 9.30. The van der Waals surface area contributed by atoms with Crippen LogP contribution in [0.2, 0.25) is 0 Å². The Balaban J connectivity index is 2.44. The second-order valence-corrected chi connectivity index (χ2v) is 2.98. The SMILES string of the molecule is C[C@@H]1C[C@](C)(O)CN1. The zero-order chi connectivity index (χ0) is 6.20. The summed E-state index contributed by atoms with van der Waals surface area (Å²) >= 11 is 0. The van der Waals surface area contributed by atoms with Crippen molar-refractivity contribution in [1.29, 1.82) is 0 Å². The Morgan fingerprint density at radius 3 is 2.50 bits per heavy atom. The van der Waals surface area contributed by atoms with Crippen molar-refractivity contribution in [3.05, 3.63) is 0 Å². The van der Waals surface area contributed by atoms with E-state index in [1.807, 2.05) is 6.92 Å². The number of β-amino-alcohol motifs (C(OH)–C–C–N with tert-alkyl or cyclic N) is 1. The van der Waals surface area contributed by atoms with E-state index in [0.717, 1.165) is 13.0 Å². The van der Waals surface area contributed by atoms with Crippen molar-refractivity contribution in [3.63, 3.8) is 0 Å². The van der Waals surface area contributed by atoms with Crippen LogP contribution in [0.4, 0.5) is 0 Å². The Hall–Kier alpha value is -0.0800. The van der Waals surface area contributed by atoms with Crippen molar-refractivity contribution in [2.45, 2.75) is 31.9 Å². The Bertz CT molecular complexity index is 90.5. The molecule has 0 spiro atoms. The predicted molar refractivity (Wildman–Crippen MR) is 32.7 cm³/mol. The number of aliphatic hydroxyl groups is 1. The number of rotatable bonds is 0. The molecule has 1 saturated heterocycles. The molecular formula is C6H13NO. The monoisotopic (exact) mass is 115 g/mol. The molecule has 8 heavy (non-hydrogen) atoms. The lowest BCUT2D eigenvalue weighted by Crippen LogP contribution is -2.26. The molecule has 48 valence electrons. The summed E-state index contributed by atoms with van der Waals surface area (Å²) in [6.07, 6.45) is 0.882. The molecule has 0 aromatic heterocycles. The topological polar surface area (TPSA) is 32.3 Å². The third kappa shape index (κ3) is 1.20. The van der Waals surface area contributed by atoms with Crippen molar-refractivity contribution in [1.82, 2.24) is 5.32 Å². The molecule has 2 atom stereocenters. The van der Waals surface area contributed by atoms with Crippen LogP contribution in [-0.2, 0) is 0 Å². The maximum Gasteiger partial charge on any atom is 0.0758 e. The van der Waals surface area contributed by atoms with Gasteiger partial charge in [0.1, 0.15) is 0 Å². The largest absolute Gasteiger partial charge is 0.389 e. The molecule has 1 heterocycles. The van der Waals surface area contributed by atoms with Crippen LogP contribution in [0.25, 0.3) is 0 Å². The quantitative estimate of drug-likeness (QED) is 0.470. The normalized spacial score (nSPS) is 47.6. The van der Waals surface area contributed by atoms with Gasteiger partial charge in [0.25, 0.3) is 0 Å². The summed E-state index contributed by atoms with van der Waals surface area (Å²) in [6.45, 7) is 4.69. The molecule has 0 amide bonds. The zero-order valence-electron chi connectivity index (χ0n) is 5.44. The minimum absolute atomic E-state index is 0.445. The smallest absolute Gasteiger partial charge is 0.0758 e. The summed E-state index contributed by atoms with van der Waals surface area (Å²) in [4.78, 5) is 0. The van der Waals surface area contributed by atoms with Crippen LogP contribution in [0, 0.1) is 0 Å². The van der Waals surface area contributed by atoms with Gasteiger partial charge in [0, 0.05) is 12.6 Å². The Morgan fingerprint density at radius 2 is 2.38 bits per heavy atom. The summed E-state index contributed by atoms with van der Waals surface area (Å²) in [5, 5.41) is 12.5. The van der Waals surface area contributed by atoms with E-state index in [9.17, 15) is 5.11 Å². The highest BCUT2D eigenvalue weighted by molar-refractivity contribution is 4.87. The summed E-state index contributed by atoms with van der Waals surface area (Å²) in [5.41, 5.74) is -0.445. The Kier molecular flexibility index (Phi) is 1.29. The fraction of sp³-hybridized carbons (Fsp3) is 1.00. The average molecular weight is 115 g/mol. The fourth-order valence-electron chi connectivity index (χ4n) is 1.20. The third-order valence-electron chi connectivity index (χ3n) is 1.58. The average Bonchev–Trinajstić information content (AvgIpc) is 1.82. The Morgan fingerprint density at radius 1 is 1.75 bits per heavy atom. The predicted octanol–water partition coefficient (Wildman–Crippen LogP) is 0.119. The van der Waals surface area contributed by atoms with Crippen LogP contribution in [0.5, 0.6) is 0 Å². The lowest BCUT2D eigenvalue weighted by molar-refractivity contribution is 0.0798. The van der Waals surface area contributed by atoms with E-state index in [1.165, 1.54) is 0 Å². The standard InChI is InChI=1S/C6H13NO/c1-5-3-6(2,8)4-7-5/h5,7-8H,3-4H2,1-2H3/t5-,6+/m1/s1. The van der Waals surface area contributed by atoms with Gasteiger partial charge in [-0.25, -0.2) is 0 Å². The van der Waals surface area contributed by atoms with E-state index in [0.29, 0.717) is 6.04 Å². The van der Waals surface area contributed by atoms with Crippen LogP contribution >= 0.6 is 0 Å². The van der Waals surface area contributed by atoms with Gasteiger partial charge in [0.05, 0.1) is 5.60 Å². The van der Waals surface area contributed by atoms with Crippen molar-refractivity contribution in [3.8, 4) is 0 Å². The van der Waals surface area contributed by atoms with Crippen LogP contribution < -0.4 is 5.32 Å². The Labute approximate surface area is 49.9 Å². The van der Waals surface area contributed by atoms with E-state index < -0.39 is 5.60 Å². The first-order chi connectivity index (χ1) is 3.60. The van der Waals surface area contributed by atoms with E-state index in [4.69, 9.17) is 0 Å². The van der Waals surface area contributed by atoms with Gasteiger partial charge in [-0.3, -0.25) is 0 Å². The third-order valence-corrected chi connectivity index (χ3v) is 1.58. The number of hydrogen-bond acceptors (Lipinski definition) is 2. The van der Waals surface area contributed by atoms with Crippen LogP contribution in [0.15, 0.2) is 0 Å². The van der Waals surface area contributed by atoms with Crippen molar-refractivity contribution >= 4 is 0 Å². The van der Waals surface area contributed by atoms with Crippen LogP contribution in [-0.4, -0.2) is 23.3 Å². The molecule has 0 unspecified atom stereocenters. The highest BCUT2D eigenvalue weighted by atomic mass is 16.3. The molecule has 0 bridgehead atoms. The first-order valence-electron chi connectivity index (χ1n) is 3.06. The molecule has 1 fully saturated rings. The van der Waals surface area contributed by atoms with E-state index >= 15 is 0 Å². The summed E-state index contributed by atoms with van der Waals surface area (Å²) < 4.78 is 0. The fourth-order valence-corrected chi connectivity index (χ4v) is 1.20. The summed E-state index contributed by atoms with van der Waals surface area (Å²) in [6, 6.07) is 0.491. The molecule has 2 N–H and O–H groups in total. The van der Waals surface area contributed by atoms with Gasteiger partial charge in [-0.1, -0.05) is 0 Å². The molecule has 1 rings (SSSR count). The lowest BCUT2D eigenvalue weighted by atomic mass is 10.0. The molecule has 0 aliphatic carbocycles. The van der Waals surface area contributed by atoms with E-state index in [2.05, 4.69) is 12.2 Å². The van der Waals surface area contributed by atoms with Crippen molar-refractivity contribution < 1.29 is 5.11 Å². The van der Waals surface area contributed by atoms with Gasteiger partial charge >= 0.3 is 0 Å². The molecule has 0 aromatic rings. The van der Waals surface area contributed by atoms with Crippen LogP contribution in [0.3, 0.4) is 0 Å². The van der Waals surface area contributed by atoms with E-state index in [-0.39, 0.29) is 0 Å². The van der Waals surface area contributed by atoms with Gasteiger partial charge in [0.15, 0.2) is 0 Å². The second kappa shape index (κ2) is 1.71. The minimum atomic E-state index is -0.445. The van der Waals surface area contributed by atoms with Crippen molar-refractivity contribution in [2.75, 3.05) is 6.54 Å². The highest BCUT2D eigenvalue weighted by Crippen LogP contribution is 2.16. The van der Waals surface area contributed by atoms with Gasteiger partial charge in [0.2, 0.25) is 0 Å². The molecule has 2 nitrogen and oxygen atoms in total. The summed E-state index contributed by atoms with van der Waals surface area (Å²) in [7, 11) is 0. The van der Waals surface area contributed by atoms with Crippen molar-refractivity contribution in [2.24, 2.45) is 0 Å². The molecule has 0 saturated carbocycles. The molecule has 0 radical (unpaired) electrons. The molecule has 2 heteroatoms. The van der Waals surface area contributed by atoms with Crippen LogP contribution in [0.1, 0.15) is 20.3 Å². The minimum Gasteiger partial charge on any atom is -0.389 e. The van der Waals surface area contributed by atoms with Gasteiger partial charge in [-0.05, 0) is 20.3 Å². The summed E-state index contributed by atoms with van der Waals surface area (Å²) in [5.74, 6) is 0. The maximum absolute atomic E-state index is 9.30. The second-order valence-electron chi connectivity index (χ2n) is 2.98. The van der Waals surface area contributed by atoms with E-state index in [1.54, 1.807) is 0 Å². The molecule has 0 aromatic carbocycles. The molecule has 1 aliphatic heterocycles. The molecule has 1 aliphatic rings. The lowest BCUT2D eigenvalue weighted by Gasteiger charge is -2.12. The van der Waals surface area contributed by atoms with Gasteiger partial charge in [-0.2, -0.15) is 0 Å². The first kappa shape index (κ1) is 6.05. The first-order valence-corrected chi connectivity index (χ1v) is 3.06. The highest BCUT2D eigenvalue weighted by Gasteiger charge is 2.29. The van der Waals surface area contributed by atoms with Gasteiger partial charge in [-0.15, -0.1) is 0 Å².